The highest BCUT2D eigenvalue weighted by Gasteiger charge is 2.44. The van der Waals surface area contributed by atoms with Gasteiger partial charge in [0.1, 0.15) is 0 Å². The van der Waals surface area contributed by atoms with E-state index in [9.17, 15) is 19.7 Å². The lowest BCUT2D eigenvalue weighted by molar-refractivity contribution is -0.385. The van der Waals surface area contributed by atoms with E-state index in [0.717, 1.165) is 0 Å². The van der Waals surface area contributed by atoms with Gasteiger partial charge in [-0.05, 0) is 40.5 Å². The number of nitrogens with zero attached hydrogens (tertiary/aromatic N) is 2. The summed E-state index contributed by atoms with van der Waals surface area (Å²) in [5, 5.41) is 11.8. The Balaban J connectivity index is 2.90. The quantitative estimate of drug-likeness (QED) is 0.356. The summed E-state index contributed by atoms with van der Waals surface area (Å²) in [7, 11) is 1.25. The highest BCUT2D eigenvalue weighted by molar-refractivity contribution is 6.00. The molecular formula is C24H32N2O6. The molecule has 0 saturated carbocycles. The molecule has 2 rings (SSSR count). The minimum atomic E-state index is -0.998. The molecule has 1 unspecified atom stereocenters. The molecule has 174 valence electrons. The fourth-order valence-corrected chi connectivity index (χ4v) is 4.23. The molecule has 0 spiro atoms. The molecule has 32 heavy (non-hydrogen) atoms. The molecule has 1 aliphatic heterocycles. The third-order valence-electron chi connectivity index (χ3n) is 5.32. The molecule has 1 atom stereocenters. The molecule has 1 aromatic rings. The summed E-state index contributed by atoms with van der Waals surface area (Å²) in [4.78, 5) is 39.6. The SMILES string of the molecule is COC(=O)C1=C(C)N(C(C)(C)C)C(C)=C(C(=O)OCC(C)C)C1c1ccccc1[N+](=O)[O-]. The van der Waals surface area contributed by atoms with Gasteiger partial charge in [0.15, 0.2) is 0 Å². The van der Waals surface area contributed by atoms with Crippen molar-refractivity contribution in [2.45, 2.75) is 59.9 Å². The summed E-state index contributed by atoms with van der Waals surface area (Å²) in [5.74, 6) is -2.16. The van der Waals surface area contributed by atoms with Crippen molar-refractivity contribution < 1.29 is 24.0 Å². The van der Waals surface area contributed by atoms with E-state index in [4.69, 9.17) is 9.47 Å². The molecule has 0 aromatic heterocycles. The summed E-state index contributed by atoms with van der Waals surface area (Å²) in [5.41, 5.74) is 1.11. The van der Waals surface area contributed by atoms with Crippen LogP contribution in [0.4, 0.5) is 5.69 Å². The number of para-hydroxylation sites is 1. The van der Waals surface area contributed by atoms with Crippen LogP contribution in [-0.4, -0.2) is 41.0 Å². The number of ether oxygens (including phenoxy) is 2. The van der Waals surface area contributed by atoms with E-state index < -0.39 is 28.3 Å². The average Bonchev–Trinajstić information content (AvgIpc) is 2.69. The third kappa shape index (κ3) is 4.84. The molecule has 0 fully saturated rings. The zero-order chi connectivity index (χ0) is 24.4. The number of hydrogen-bond donors (Lipinski definition) is 0. The van der Waals surface area contributed by atoms with E-state index in [1.165, 1.54) is 13.2 Å². The molecule has 0 aliphatic carbocycles. The van der Waals surface area contributed by atoms with Gasteiger partial charge in [0.25, 0.3) is 5.69 Å². The van der Waals surface area contributed by atoms with E-state index >= 15 is 0 Å². The molecule has 1 aromatic carbocycles. The normalized spacial score (nSPS) is 17.0. The minimum Gasteiger partial charge on any atom is -0.466 e. The summed E-state index contributed by atoms with van der Waals surface area (Å²) < 4.78 is 10.6. The standard InChI is InChI=1S/C24H32N2O6/c1-14(2)13-32-23(28)20-16(4)25(24(5,6)7)15(3)19(22(27)31-8)21(20)17-11-9-10-12-18(17)26(29)30/h9-12,14,21H,13H2,1-8H3. The van der Waals surface area contributed by atoms with Gasteiger partial charge in [-0.25, -0.2) is 9.59 Å². The van der Waals surface area contributed by atoms with E-state index in [2.05, 4.69) is 0 Å². The largest absolute Gasteiger partial charge is 0.466 e. The van der Waals surface area contributed by atoms with Gasteiger partial charge in [-0.15, -0.1) is 0 Å². The zero-order valence-electron chi connectivity index (χ0n) is 20.0. The number of rotatable bonds is 6. The minimum absolute atomic E-state index is 0.101. The summed E-state index contributed by atoms with van der Waals surface area (Å²) >= 11 is 0. The number of esters is 2. The first-order valence-corrected chi connectivity index (χ1v) is 10.5. The number of allylic oxidation sites excluding steroid dienone is 2. The van der Waals surface area contributed by atoms with Gasteiger partial charge in [-0.1, -0.05) is 32.0 Å². The second-order valence-corrected chi connectivity index (χ2v) is 9.24. The molecule has 0 bridgehead atoms. The number of hydrogen-bond acceptors (Lipinski definition) is 7. The second kappa shape index (κ2) is 9.54. The Morgan fingerprint density at radius 1 is 1.09 bits per heavy atom. The predicted molar refractivity (Wildman–Crippen MR) is 121 cm³/mol. The van der Waals surface area contributed by atoms with E-state index in [0.29, 0.717) is 11.4 Å². The van der Waals surface area contributed by atoms with Crippen LogP contribution < -0.4 is 0 Å². The van der Waals surface area contributed by atoms with Gasteiger partial charge in [-0.2, -0.15) is 0 Å². The monoisotopic (exact) mass is 444 g/mol. The maximum absolute atomic E-state index is 13.4. The van der Waals surface area contributed by atoms with Gasteiger partial charge < -0.3 is 14.4 Å². The van der Waals surface area contributed by atoms with Crippen LogP contribution in [0.25, 0.3) is 0 Å². The van der Waals surface area contributed by atoms with E-state index in [1.807, 2.05) is 39.5 Å². The molecule has 8 heteroatoms. The van der Waals surface area contributed by atoms with Crippen LogP contribution in [0.2, 0.25) is 0 Å². The first kappa shape index (κ1) is 25.1. The molecule has 1 heterocycles. The third-order valence-corrected chi connectivity index (χ3v) is 5.32. The predicted octanol–water partition coefficient (Wildman–Crippen LogP) is 4.71. The Kier molecular flexibility index (Phi) is 7.49. The molecule has 0 N–H and O–H groups in total. The van der Waals surface area contributed by atoms with Gasteiger partial charge in [0.05, 0.1) is 35.7 Å². The molecule has 8 nitrogen and oxygen atoms in total. The van der Waals surface area contributed by atoms with Crippen molar-refractivity contribution in [2.24, 2.45) is 5.92 Å². The van der Waals surface area contributed by atoms with Crippen LogP contribution in [0, 0.1) is 16.0 Å². The molecule has 1 aliphatic rings. The summed E-state index contributed by atoms with van der Waals surface area (Å²) in [6.45, 7) is 13.4. The number of nitro groups is 1. The van der Waals surface area contributed by atoms with Crippen LogP contribution in [0.1, 0.15) is 59.9 Å². The average molecular weight is 445 g/mol. The van der Waals surface area contributed by atoms with Crippen LogP contribution in [0.3, 0.4) is 0 Å². The lowest BCUT2D eigenvalue weighted by Crippen LogP contribution is -2.44. The maximum atomic E-state index is 13.4. The zero-order valence-corrected chi connectivity index (χ0v) is 20.0. The number of carbonyl (C=O) groups excluding carboxylic acids is 2. The summed E-state index contributed by atoms with van der Waals surface area (Å²) in [6.07, 6.45) is 0. The van der Waals surface area contributed by atoms with Gasteiger partial charge in [-0.3, -0.25) is 10.1 Å². The van der Waals surface area contributed by atoms with Crippen molar-refractivity contribution in [3.05, 3.63) is 62.5 Å². The Bertz CT molecular complexity index is 984. The fraction of sp³-hybridized carbons (Fsp3) is 0.500. The number of nitro benzene ring substituents is 1. The van der Waals surface area contributed by atoms with Crippen LogP contribution in [0.15, 0.2) is 46.8 Å². The highest BCUT2D eigenvalue weighted by atomic mass is 16.6. The van der Waals surface area contributed by atoms with Crippen molar-refractivity contribution >= 4 is 17.6 Å². The molecular weight excluding hydrogens is 412 g/mol. The Morgan fingerprint density at radius 3 is 2.09 bits per heavy atom. The van der Waals surface area contributed by atoms with Crippen LogP contribution in [-0.2, 0) is 19.1 Å². The van der Waals surface area contributed by atoms with Gasteiger partial charge >= 0.3 is 11.9 Å². The van der Waals surface area contributed by atoms with E-state index in [1.54, 1.807) is 32.0 Å². The van der Waals surface area contributed by atoms with E-state index in [-0.39, 0.29) is 34.9 Å². The molecule has 0 radical (unpaired) electrons. The first-order chi connectivity index (χ1) is 14.8. The lowest BCUT2D eigenvalue weighted by atomic mass is 9.78. The first-order valence-electron chi connectivity index (χ1n) is 10.5. The maximum Gasteiger partial charge on any atom is 0.336 e. The number of methoxy groups -OCH3 is 1. The summed E-state index contributed by atoms with van der Waals surface area (Å²) in [6, 6.07) is 6.12. The second-order valence-electron chi connectivity index (χ2n) is 9.24. The number of carbonyl (C=O) groups is 2. The lowest BCUT2D eigenvalue weighted by Gasteiger charge is -2.45. The fourth-order valence-electron chi connectivity index (χ4n) is 4.23. The van der Waals surface area contributed by atoms with Crippen LogP contribution >= 0.6 is 0 Å². The van der Waals surface area contributed by atoms with Crippen molar-refractivity contribution in [1.29, 1.82) is 0 Å². The molecule has 0 amide bonds. The van der Waals surface area contributed by atoms with Crippen molar-refractivity contribution in [2.75, 3.05) is 13.7 Å². The van der Waals surface area contributed by atoms with Gasteiger partial charge in [0.2, 0.25) is 0 Å². The van der Waals surface area contributed by atoms with Crippen molar-refractivity contribution in [3.63, 3.8) is 0 Å². The Morgan fingerprint density at radius 2 is 1.62 bits per heavy atom. The Hall–Kier alpha value is -3.16. The highest BCUT2D eigenvalue weighted by Crippen LogP contribution is 2.47. The van der Waals surface area contributed by atoms with Crippen molar-refractivity contribution in [1.82, 2.24) is 4.90 Å². The Labute approximate surface area is 189 Å². The van der Waals surface area contributed by atoms with Gasteiger partial charge in [0, 0.05) is 28.6 Å². The van der Waals surface area contributed by atoms with Crippen molar-refractivity contribution in [3.8, 4) is 0 Å². The van der Waals surface area contributed by atoms with Crippen LogP contribution in [0.5, 0.6) is 0 Å². The number of benzene rings is 1. The molecule has 0 saturated heterocycles. The topological polar surface area (TPSA) is 99.0 Å². The smallest absolute Gasteiger partial charge is 0.336 e.